The van der Waals surface area contributed by atoms with Crippen molar-refractivity contribution in [2.45, 2.75) is 26.3 Å². The monoisotopic (exact) mass is 264 g/mol. The molecule has 0 aliphatic rings. The molecule has 0 saturated carbocycles. The van der Waals surface area contributed by atoms with E-state index in [0.29, 0.717) is 5.75 Å². The lowest BCUT2D eigenvalue weighted by atomic mass is 10.2. The maximum absolute atomic E-state index is 11.5. The molecule has 19 heavy (non-hydrogen) atoms. The van der Waals surface area contributed by atoms with Gasteiger partial charge in [0.05, 0.1) is 6.54 Å². The molecule has 0 bridgehead atoms. The molecule has 1 rings (SSSR count). The smallest absolute Gasteiger partial charge is 0.258 e. The summed E-state index contributed by atoms with van der Waals surface area (Å²) in [6, 6.07) is 9.17. The van der Waals surface area contributed by atoms with Crippen molar-refractivity contribution < 1.29 is 14.3 Å². The highest BCUT2D eigenvalue weighted by molar-refractivity contribution is 5.85. The van der Waals surface area contributed by atoms with Crippen LogP contribution in [-0.2, 0) is 9.59 Å². The van der Waals surface area contributed by atoms with Crippen LogP contribution < -0.4 is 15.4 Å². The summed E-state index contributed by atoms with van der Waals surface area (Å²) in [7, 11) is 0. The topological polar surface area (TPSA) is 67.4 Å². The van der Waals surface area contributed by atoms with Gasteiger partial charge in [0.2, 0.25) is 5.91 Å². The third kappa shape index (κ3) is 6.45. The van der Waals surface area contributed by atoms with Gasteiger partial charge in [-0.15, -0.1) is 0 Å². The zero-order chi connectivity index (χ0) is 14.1. The van der Waals surface area contributed by atoms with E-state index in [1.54, 1.807) is 12.1 Å². The highest BCUT2D eigenvalue weighted by Gasteiger charge is 2.08. The molecular formula is C14H20N2O3. The molecule has 2 N–H and O–H groups in total. The standard InChI is InChI=1S/C14H20N2O3/c1-3-11(2)16-13(17)9-15-14(18)10-19-12-7-5-4-6-8-12/h4-8,11H,3,9-10H2,1-2H3,(H,15,18)(H,16,17). The summed E-state index contributed by atoms with van der Waals surface area (Å²) < 4.78 is 5.26. The maximum atomic E-state index is 11.5. The van der Waals surface area contributed by atoms with Crippen LogP contribution >= 0.6 is 0 Å². The van der Waals surface area contributed by atoms with E-state index in [9.17, 15) is 9.59 Å². The van der Waals surface area contributed by atoms with E-state index in [0.717, 1.165) is 6.42 Å². The molecule has 5 heteroatoms. The van der Waals surface area contributed by atoms with Gasteiger partial charge in [0.15, 0.2) is 6.61 Å². The zero-order valence-corrected chi connectivity index (χ0v) is 11.3. The van der Waals surface area contributed by atoms with E-state index < -0.39 is 0 Å². The van der Waals surface area contributed by atoms with Crippen molar-refractivity contribution in [3.05, 3.63) is 30.3 Å². The lowest BCUT2D eigenvalue weighted by molar-refractivity contribution is -0.127. The highest BCUT2D eigenvalue weighted by atomic mass is 16.5. The van der Waals surface area contributed by atoms with E-state index >= 15 is 0 Å². The second-order valence-corrected chi connectivity index (χ2v) is 4.26. The number of benzene rings is 1. The average Bonchev–Trinajstić information content (AvgIpc) is 2.43. The predicted molar refractivity (Wildman–Crippen MR) is 72.8 cm³/mol. The number of ether oxygens (including phenoxy) is 1. The Kier molecular flexibility index (Phi) is 6.43. The molecule has 0 saturated heterocycles. The van der Waals surface area contributed by atoms with Crippen LogP contribution in [0.4, 0.5) is 0 Å². The van der Waals surface area contributed by atoms with Crippen LogP contribution in [0.1, 0.15) is 20.3 Å². The van der Waals surface area contributed by atoms with Crippen LogP contribution in [-0.4, -0.2) is 31.0 Å². The first kappa shape index (κ1) is 15.0. The van der Waals surface area contributed by atoms with Crippen LogP contribution in [0.25, 0.3) is 0 Å². The Morgan fingerprint density at radius 2 is 1.89 bits per heavy atom. The maximum Gasteiger partial charge on any atom is 0.258 e. The van der Waals surface area contributed by atoms with Gasteiger partial charge in [0, 0.05) is 6.04 Å². The summed E-state index contributed by atoms with van der Waals surface area (Å²) in [5.41, 5.74) is 0. The second-order valence-electron chi connectivity index (χ2n) is 4.26. The third-order valence-electron chi connectivity index (χ3n) is 2.58. The van der Waals surface area contributed by atoms with Crippen molar-refractivity contribution >= 4 is 11.8 Å². The van der Waals surface area contributed by atoms with Crippen LogP contribution in [0.15, 0.2) is 30.3 Å². The number of rotatable bonds is 7. The molecule has 1 aromatic carbocycles. The Hall–Kier alpha value is -2.04. The number of carbonyl (C=O) groups excluding carboxylic acids is 2. The fraction of sp³-hybridized carbons (Fsp3) is 0.429. The lowest BCUT2D eigenvalue weighted by Crippen LogP contribution is -2.41. The number of hydrogen-bond acceptors (Lipinski definition) is 3. The first-order chi connectivity index (χ1) is 9.11. The normalized spacial score (nSPS) is 11.5. The summed E-state index contributed by atoms with van der Waals surface area (Å²) in [5.74, 6) is 0.118. The molecule has 2 amide bonds. The molecule has 0 aliphatic carbocycles. The minimum absolute atomic E-state index is 0.0265. The minimum atomic E-state index is -0.317. The van der Waals surface area contributed by atoms with Crippen molar-refractivity contribution in [3.8, 4) is 5.75 Å². The van der Waals surface area contributed by atoms with E-state index in [1.165, 1.54) is 0 Å². The highest BCUT2D eigenvalue weighted by Crippen LogP contribution is 2.07. The van der Waals surface area contributed by atoms with Gasteiger partial charge in [-0.3, -0.25) is 9.59 Å². The Balaban J connectivity index is 2.19. The third-order valence-corrected chi connectivity index (χ3v) is 2.58. The van der Waals surface area contributed by atoms with Gasteiger partial charge < -0.3 is 15.4 Å². The van der Waals surface area contributed by atoms with E-state index in [1.807, 2.05) is 32.0 Å². The SMILES string of the molecule is CCC(C)NC(=O)CNC(=O)COc1ccccc1. The van der Waals surface area contributed by atoms with Crippen molar-refractivity contribution in [3.63, 3.8) is 0 Å². The van der Waals surface area contributed by atoms with Gasteiger partial charge >= 0.3 is 0 Å². The molecule has 0 fully saturated rings. The molecule has 0 radical (unpaired) electrons. The van der Waals surface area contributed by atoms with E-state index in [2.05, 4.69) is 10.6 Å². The van der Waals surface area contributed by atoms with Gasteiger partial charge in [-0.2, -0.15) is 0 Å². The van der Waals surface area contributed by atoms with Crippen molar-refractivity contribution in [2.75, 3.05) is 13.2 Å². The van der Waals surface area contributed by atoms with Gasteiger partial charge in [0.1, 0.15) is 5.75 Å². The molecule has 0 aliphatic heterocycles. The van der Waals surface area contributed by atoms with Gasteiger partial charge in [-0.25, -0.2) is 0 Å². The van der Waals surface area contributed by atoms with Crippen LogP contribution in [0.5, 0.6) is 5.75 Å². The van der Waals surface area contributed by atoms with E-state index in [4.69, 9.17) is 4.74 Å². The van der Waals surface area contributed by atoms with Gasteiger partial charge in [-0.05, 0) is 25.5 Å². The molecule has 0 heterocycles. The van der Waals surface area contributed by atoms with Crippen molar-refractivity contribution in [2.24, 2.45) is 0 Å². The minimum Gasteiger partial charge on any atom is -0.484 e. The molecule has 104 valence electrons. The molecule has 1 atom stereocenters. The quantitative estimate of drug-likeness (QED) is 0.775. The van der Waals surface area contributed by atoms with Gasteiger partial charge in [0.25, 0.3) is 5.91 Å². The Morgan fingerprint density at radius 3 is 2.53 bits per heavy atom. The zero-order valence-electron chi connectivity index (χ0n) is 11.3. The average molecular weight is 264 g/mol. The van der Waals surface area contributed by atoms with Crippen molar-refractivity contribution in [1.82, 2.24) is 10.6 Å². The molecule has 0 aromatic heterocycles. The molecule has 0 spiro atoms. The number of carbonyl (C=O) groups is 2. The molecule has 1 aromatic rings. The Labute approximate surface area is 113 Å². The molecule has 1 unspecified atom stereocenters. The second kappa shape index (κ2) is 8.13. The first-order valence-corrected chi connectivity index (χ1v) is 6.35. The number of para-hydroxylation sites is 1. The van der Waals surface area contributed by atoms with Crippen LogP contribution in [0.2, 0.25) is 0 Å². The summed E-state index contributed by atoms with van der Waals surface area (Å²) in [6.45, 7) is 3.78. The van der Waals surface area contributed by atoms with Gasteiger partial charge in [-0.1, -0.05) is 25.1 Å². The number of nitrogens with one attached hydrogen (secondary N) is 2. The Bertz CT molecular complexity index is 406. The first-order valence-electron chi connectivity index (χ1n) is 6.35. The molecule has 5 nitrogen and oxygen atoms in total. The fourth-order valence-corrected chi connectivity index (χ4v) is 1.32. The summed E-state index contributed by atoms with van der Waals surface area (Å²) in [6.07, 6.45) is 0.858. The Morgan fingerprint density at radius 1 is 1.21 bits per heavy atom. The largest absolute Gasteiger partial charge is 0.484 e. The summed E-state index contributed by atoms with van der Waals surface area (Å²) in [4.78, 5) is 22.9. The van der Waals surface area contributed by atoms with E-state index in [-0.39, 0.29) is 31.0 Å². The lowest BCUT2D eigenvalue weighted by Gasteiger charge is -2.12. The number of hydrogen-bond donors (Lipinski definition) is 2. The molecular weight excluding hydrogens is 244 g/mol. The van der Waals surface area contributed by atoms with Crippen LogP contribution in [0, 0.1) is 0 Å². The predicted octanol–water partition coefficient (Wildman–Crippen LogP) is 1.10. The number of amides is 2. The van der Waals surface area contributed by atoms with Crippen LogP contribution in [0.3, 0.4) is 0 Å². The summed E-state index contributed by atoms with van der Waals surface area (Å²) in [5, 5.41) is 5.27. The fourth-order valence-electron chi connectivity index (χ4n) is 1.32. The summed E-state index contributed by atoms with van der Waals surface area (Å²) >= 11 is 0. The van der Waals surface area contributed by atoms with Crippen molar-refractivity contribution in [1.29, 1.82) is 0 Å².